The van der Waals surface area contributed by atoms with Gasteiger partial charge in [-0.2, -0.15) is 11.8 Å². The average molecular weight is 257 g/mol. The first-order chi connectivity index (χ1) is 8.24. The van der Waals surface area contributed by atoms with E-state index in [2.05, 4.69) is 4.98 Å². The van der Waals surface area contributed by atoms with E-state index in [1.807, 2.05) is 10.8 Å². The zero-order valence-corrected chi connectivity index (χ0v) is 10.9. The van der Waals surface area contributed by atoms with Crippen LogP contribution in [0.2, 0.25) is 0 Å². The summed E-state index contributed by atoms with van der Waals surface area (Å²) in [5.74, 6) is 1.56. The van der Waals surface area contributed by atoms with Crippen molar-refractivity contribution in [2.75, 3.05) is 18.1 Å². The van der Waals surface area contributed by atoms with Gasteiger partial charge in [0.05, 0.1) is 12.9 Å². The van der Waals surface area contributed by atoms with Gasteiger partial charge in [-0.25, -0.2) is 4.98 Å². The summed E-state index contributed by atoms with van der Waals surface area (Å²) in [5.41, 5.74) is 5.68. The van der Waals surface area contributed by atoms with E-state index < -0.39 is 6.04 Å². The third-order valence-corrected chi connectivity index (χ3v) is 3.21. The second-order valence-corrected chi connectivity index (χ2v) is 4.78. The van der Waals surface area contributed by atoms with Gasteiger partial charge < -0.3 is 15.0 Å². The number of hydrogen-bond donors (Lipinski definition) is 1. The van der Waals surface area contributed by atoms with Crippen molar-refractivity contribution in [3.05, 3.63) is 18.7 Å². The smallest absolute Gasteiger partial charge is 0.322 e. The molecule has 1 rings (SSSR count). The summed E-state index contributed by atoms with van der Waals surface area (Å²) < 4.78 is 6.86. The maximum Gasteiger partial charge on any atom is 0.322 e. The molecule has 0 saturated heterocycles. The molecule has 1 atom stereocenters. The minimum atomic E-state index is -0.490. The molecule has 1 heterocycles. The van der Waals surface area contributed by atoms with Crippen molar-refractivity contribution in [2.24, 2.45) is 5.73 Å². The predicted molar refractivity (Wildman–Crippen MR) is 68.8 cm³/mol. The fraction of sp³-hybridized carbons (Fsp3) is 0.636. The Morgan fingerprint density at radius 3 is 3.06 bits per heavy atom. The van der Waals surface area contributed by atoms with E-state index in [0.717, 1.165) is 18.1 Å². The number of ether oxygens (including phenoxy) is 1. The molecule has 0 aliphatic rings. The van der Waals surface area contributed by atoms with Crippen LogP contribution < -0.4 is 5.73 Å². The van der Waals surface area contributed by atoms with Crippen LogP contribution in [-0.2, 0) is 16.1 Å². The number of hydrogen-bond acceptors (Lipinski definition) is 5. The van der Waals surface area contributed by atoms with Crippen molar-refractivity contribution < 1.29 is 9.53 Å². The molecule has 1 aromatic rings. The van der Waals surface area contributed by atoms with Crippen LogP contribution in [0.25, 0.3) is 0 Å². The molecule has 0 aliphatic carbocycles. The molecule has 0 fully saturated rings. The van der Waals surface area contributed by atoms with Crippen LogP contribution in [-0.4, -0.2) is 39.7 Å². The SMILES string of the molecule is CCOC(=O)C(N)CCSCCn1ccnc1. The Morgan fingerprint density at radius 2 is 2.41 bits per heavy atom. The van der Waals surface area contributed by atoms with Crippen molar-refractivity contribution in [1.29, 1.82) is 0 Å². The summed E-state index contributed by atoms with van der Waals surface area (Å²) in [6.45, 7) is 3.10. The molecule has 0 amide bonds. The van der Waals surface area contributed by atoms with Crippen LogP contribution in [0.15, 0.2) is 18.7 Å². The number of carbonyl (C=O) groups excluding carboxylic acids is 1. The van der Waals surface area contributed by atoms with Crippen LogP contribution in [0.4, 0.5) is 0 Å². The molecule has 5 nitrogen and oxygen atoms in total. The number of imidazole rings is 1. The highest BCUT2D eigenvalue weighted by Crippen LogP contribution is 2.06. The minimum Gasteiger partial charge on any atom is -0.465 e. The van der Waals surface area contributed by atoms with Crippen molar-refractivity contribution in [3.8, 4) is 0 Å². The van der Waals surface area contributed by atoms with E-state index in [9.17, 15) is 4.79 Å². The first-order valence-corrected chi connectivity index (χ1v) is 6.85. The molecule has 0 spiro atoms. The van der Waals surface area contributed by atoms with Crippen molar-refractivity contribution in [2.45, 2.75) is 25.9 Å². The number of nitrogens with zero attached hydrogens (tertiary/aromatic N) is 2. The second kappa shape index (κ2) is 8.14. The Labute approximate surface area is 106 Å². The van der Waals surface area contributed by atoms with Gasteiger partial charge in [-0.15, -0.1) is 0 Å². The highest BCUT2D eigenvalue weighted by molar-refractivity contribution is 7.99. The molecule has 0 aromatic carbocycles. The average Bonchev–Trinajstić information content (AvgIpc) is 2.81. The summed E-state index contributed by atoms with van der Waals surface area (Å²) in [6.07, 6.45) is 6.16. The van der Waals surface area contributed by atoms with Gasteiger partial charge in [-0.3, -0.25) is 4.79 Å². The summed E-state index contributed by atoms with van der Waals surface area (Å²) in [7, 11) is 0. The van der Waals surface area contributed by atoms with E-state index in [4.69, 9.17) is 10.5 Å². The fourth-order valence-corrected chi connectivity index (χ4v) is 2.23. The Morgan fingerprint density at radius 1 is 1.59 bits per heavy atom. The van der Waals surface area contributed by atoms with E-state index in [-0.39, 0.29) is 5.97 Å². The zero-order valence-electron chi connectivity index (χ0n) is 10.0. The quantitative estimate of drug-likeness (QED) is 0.553. The van der Waals surface area contributed by atoms with Crippen LogP contribution >= 0.6 is 11.8 Å². The van der Waals surface area contributed by atoms with Crippen molar-refractivity contribution >= 4 is 17.7 Å². The number of nitrogens with two attached hydrogens (primary N) is 1. The molecule has 6 heteroatoms. The maximum atomic E-state index is 11.2. The topological polar surface area (TPSA) is 70.1 Å². The third-order valence-electron chi connectivity index (χ3n) is 2.22. The zero-order chi connectivity index (χ0) is 12.5. The summed E-state index contributed by atoms with van der Waals surface area (Å²) in [4.78, 5) is 15.2. The Hall–Kier alpha value is -1.01. The third kappa shape index (κ3) is 5.74. The number of esters is 1. The van der Waals surface area contributed by atoms with Gasteiger partial charge in [0.1, 0.15) is 6.04 Å². The fourth-order valence-electron chi connectivity index (χ4n) is 1.27. The first kappa shape index (κ1) is 14.1. The predicted octanol–water partition coefficient (Wildman–Crippen LogP) is 0.897. The van der Waals surface area contributed by atoms with Crippen molar-refractivity contribution in [3.63, 3.8) is 0 Å². The molecule has 0 radical (unpaired) electrons. The lowest BCUT2D eigenvalue weighted by atomic mass is 10.2. The first-order valence-electron chi connectivity index (χ1n) is 5.69. The van der Waals surface area contributed by atoms with Gasteiger partial charge in [0.2, 0.25) is 0 Å². The monoisotopic (exact) mass is 257 g/mol. The highest BCUT2D eigenvalue weighted by Gasteiger charge is 2.13. The number of carbonyl (C=O) groups is 1. The summed E-state index contributed by atoms with van der Waals surface area (Å²) >= 11 is 1.78. The van der Waals surface area contributed by atoms with Gasteiger partial charge in [-0.1, -0.05) is 0 Å². The lowest BCUT2D eigenvalue weighted by Gasteiger charge is -2.09. The Bertz CT molecular complexity index is 317. The van der Waals surface area contributed by atoms with Gasteiger partial charge in [0.15, 0.2) is 0 Å². The lowest BCUT2D eigenvalue weighted by Crippen LogP contribution is -2.32. The van der Waals surface area contributed by atoms with E-state index >= 15 is 0 Å². The summed E-state index contributed by atoms with van der Waals surface area (Å²) in [6, 6.07) is -0.490. The second-order valence-electron chi connectivity index (χ2n) is 3.56. The molecular weight excluding hydrogens is 238 g/mol. The Balaban J connectivity index is 2.02. The molecule has 0 bridgehead atoms. The largest absolute Gasteiger partial charge is 0.465 e. The molecule has 1 unspecified atom stereocenters. The van der Waals surface area contributed by atoms with Gasteiger partial charge in [0.25, 0.3) is 0 Å². The summed E-state index contributed by atoms with van der Waals surface area (Å²) in [5, 5.41) is 0. The number of aromatic nitrogens is 2. The van der Waals surface area contributed by atoms with Crippen LogP contribution in [0.3, 0.4) is 0 Å². The van der Waals surface area contributed by atoms with Crippen LogP contribution in [0, 0.1) is 0 Å². The van der Waals surface area contributed by atoms with Crippen LogP contribution in [0.1, 0.15) is 13.3 Å². The molecular formula is C11H19N3O2S. The van der Waals surface area contributed by atoms with Gasteiger partial charge in [-0.05, 0) is 19.1 Å². The van der Waals surface area contributed by atoms with E-state index in [0.29, 0.717) is 13.0 Å². The number of thioether (sulfide) groups is 1. The number of aryl methyl sites for hydroxylation is 1. The van der Waals surface area contributed by atoms with Crippen molar-refractivity contribution in [1.82, 2.24) is 9.55 Å². The number of rotatable bonds is 8. The van der Waals surface area contributed by atoms with Gasteiger partial charge in [0, 0.05) is 24.7 Å². The molecule has 1 aromatic heterocycles. The lowest BCUT2D eigenvalue weighted by molar-refractivity contribution is -0.144. The van der Waals surface area contributed by atoms with E-state index in [1.165, 1.54) is 0 Å². The Kier molecular flexibility index (Phi) is 6.73. The molecule has 0 aliphatic heterocycles. The van der Waals surface area contributed by atoms with Gasteiger partial charge >= 0.3 is 5.97 Å². The standard InChI is InChI=1S/C11H19N3O2S/c1-2-16-11(15)10(12)3-7-17-8-6-14-5-4-13-9-14/h4-5,9-10H,2-3,6-8,12H2,1H3. The minimum absolute atomic E-state index is 0.303. The maximum absolute atomic E-state index is 11.2. The highest BCUT2D eigenvalue weighted by atomic mass is 32.2. The molecule has 0 saturated carbocycles. The molecule has 96 valence electrons. The van der Waals surface area contributed by atoms with E-state index in [1.54, 1.807) is 31.2 Å². The molecule has 17 heavy (non-hydrogen) atoms. The normalized spacial score (nSPS) is 12.4. The molecule has 2 N–H and O–H groups in total. The van der Waals surface area contributed by atoms with Crippen LogP contribution in [0.5, 0.6) is 0 Å².